The Morgan fingerprint density at radius 1 is 1.29 bits per heavy atom. The predicted octanol–water partition coefficient (Wildman–Crippen LogP) is 3.66. The molecule has 114 valence electrons. The zero-order valence-corrected chi connectivity index (χ0v) is 14.5. The lowest BCUT2D eigenvalue weighted by Crippen LogP contribution is -2.17. The van der Waals surface area contributed by atoms with Crippen LogP contribution < -0.4 is 4.72 Å². The topological polar surface area (TPSA) is 74.8 Å². The number of hydrogen-bond donors (Lipinski definition) is 2. The molecule has 5 nitrogen and oxygen atoms in total. The maximum atomic E-state index is 12.3. The van der Waals surface area contributed by atoms with Gasteiger partial charge < -0.3 is 0 Å². The summed E-state index contributed by atoms with van der Waals surface area (Å²) in [6.07, 6.45) is 2.48. The van der Waals surface area contributed by atoms with Gasteiger partial charge in [-0.2, -0.15) is 5.10 Å². The zero-order valence-electron chi connectivity index (χ0n) is 12.1. The Morgan fingerprint density at radius 2 is 1.90 bits per heavy atom. The molecule has 0 aliphatic carbocycles. The van der Waals surface area contributed by atoms with Crippen LogP contribution in [-0.4, -0.2) is 18.6 Å². The van der Waals surface area contributed by atoms with Gasteiger partial charge in [-0.25, -0.2) is 8.42 Å². The minimum Gasteiger partial charge on any atom is -0.263 e. The molecule has 2 N–H and O–H groups in total. The summed E-state index contributed by atoms with van der Waals surface area (Å²) in [5.41, 5.74) is 1.15. The van der Waals surface area contributed by atoms with Crippen molar-refractivity contribution >= 4 is 31.8 Å². The molecule has 0 amide bonds. The van der Waals surface area contributed by atoms with Gasteiger partial charge in [-0.15, -0.1) is 0 Å². The highest BCUT2D eigenvalue weighted by Gasteiger charge is 2.20. The van der Waals surface area contributed by atoms with E-state index in [1.54, 1.807) is 12.1 Å². The fraction of sp³-hybridized carbons (Fsp3) is 0.357. The SMILES string of the molecule is CCC(C)(C)c1ccc(S(=O)(=O)Nc2[nH]ncc2Br)cc1. The summed E-state index contributed by atoms with van der Waals surface area (Å²) in [4.78, 5) is 0.222. The number of rotatable bonds is 5. The molecule has 2 aromatic rings. The fourth-order valence-corrected chi connectivity index (χ4v) is 3.28. The van der Waals surface area contributed by atoms with E-state index in [0.29, 0.717) is 10.3 Å². The van der Waals surface area contributed by atoms with Crippen molar-refractivity contribution in [3.63, 3.8) is 0 Å². The zero-order chi connectivity index (χ0) is 15.7. The fourth-order valence-electron chi connectivity index (χ4n) is 1.83. The van der Waals surface area contributed by atoms with Crippen LogP contribution in [0.1, 0.15) is 32.8 Å². The molecule has 0 atom stereocenters. The van der Waals surface area contributed by atoms with Crippen LogP contribution in [0.4, 0.5) is 5.82 Å². The van der Waals surface area contributed by atoms with Crippen LogP contribution in [0.2, 0.25) is 0 Å². The van der Waals surface area contributed by atoms with E-state index in [2.05, 4.69) is 51.6 Å². The number of H-pyrrole nitrogens is 1. The average Bonchev–Trinajstić information content (AvgIpc) is 2.84. The lowest BCUT2D eigenvalue weighted by Gasteiger charge is -2.23. The average molecular weight is 372 g/mol. The van der Waals surface area contributed by atoms with Crippen LogP contribution >= 0.6 is 15.9 Å². The van der Waals surface area contributed by atoms with Gasteiger partial charge in [-0.1, -0.05) is 32.9 Å². The second-order valence-corrected chi connectivity index (χ2v) is 8.00. The van der Waals surface area contributed by atoms with Gasteiger partial charge in [0, 0.05) is 0 Å². The molecular formula is C14H18BrN3O2S. The summed E-state index contributed by atoms with van der Waals surface area (Å²) in [5, 5.41) is 6.35. The number of aromatic amines is 1. The molecule has 0 radical (unpaired) electrons. The molecule has 1 heterocycles. The molecular weight excluding hydrogens is 354 g/mol. The smallest absolute Gasteiger partial charge is 0.263 e. The first-order chi connectivity index (χ1) is 9.76. The van der Waals surface area contributed by atoms with Crippen molar-refractivity contribution in [2.75, 3.05) is 4.72 Å². The van der Waals surface area contributed by atoms with Gasteiger partial charge in [-0.3, -0.25) is 9.82 Å². The second kappa shape index (κ2) is 5.81. The molecule has 21 heavy (non-hydrogen) atoms. The molecule has 0 aliphatic rings. The number of nitrogens with zero attached hydrogens (tertiary/aromatic N) is 1. The van der Waals surface area contributed by atoms with E-state index in [-0.39, 0.29) is 10.3 Å². The quantitative estimate of drug-likeness (QED) is 0.841. The Kier molecular flexibility index (Phi) is 4.43. The van der Waals surface area contributed by atoms with Gasteiger partial charge in [0.25, 0.3) is 10.0 Å². The predicted molar refractivity (Wildman–Crippen MR) is 86.9 cm³/mol. The summed E-state index contributed by atoms with van der Waals surface area (Å²) in [6, 6.07) is 6.97. The van der Waals surface area contributed by atoms with Gasteiger partial charge in [0.1, 0.15) is 5.82 Å². The molecule has 7 heteroatoms. The lowest BCUT2D eigenvalue weighted by molar-refractivity contribution is 0.506. The molecule has 0 bridgehead atoms. The van der Waals surface area contributed by atoms with Gasteiger partial charge in [0.15, 0.2) is 0 Å². The summed E-state index contributed by atoms with van der Waals surface area (Å²) < 4.78 is 27.6. The number of sulfonamides is 1. The van der Waals surface area contributed by atoms with Crippen molar-refractivity contribution < 1.29 is 8.42 Å². The maximum absolute atomic E-state index is 12.3. The third-order valence-electron chi connectivity index (χ3n) is 3.66. The van der Waals surface area contributed by atoms with Crippen LogP contribution in [-0.2, 0) is 15.4 Å². The number of benzene rings is 1. The lowest BCUT2D eigenvalue weighted by atomic mass is 9.82. The van der Waals surface area contributed by atoms with Crippen molar-refractivity contribution in [3.05, 3.63) is 40.5 Å². The molecule has 0 aliphatic heterocycles. The Balaban J connectivity index is 2.28. The Bertz CT molecular complexity index is 721. The number of aromatic nitrogens is 2. The van der Waals surface area contributed by atoms with E-state index < -0.39 is 10.0 Å². The van der Waals surface area contributed by atoms with E-state index in [9.17, 15) is 8.42 Å². The standard InChI is InChI=1S/C14H18BrN3O2S/c1-4-14(2,3)10-5-7-11(8-6-10)21(19,20)18-13-12(15)9-16-17-13/h5-9H,4H2,1-3H3,(H2,16,17,18). The highest BCUT2D eigenvalue weighted by atomic mass is 79.9. The molecule has 1 aromatic heterocycles. The molecule has 0 saturated heterocycles. The van der Waals surface area contributed by atoms with Gasteiger partial charge >= 0.3 is 0 Å². The Morgan fingerprint density at radius 3 is 2.38 bits per heavy atom. The van der Waals surface area contributed by atoms with Crippen molar-refractivity contribution in [2.45, 2.75) is 37.5 Å². The molecule has 0 spiro atoms. The number of nitrogens with one attached hydrogen (secondary N) is 2. The van der Waals surface area contributed by atoms with Gasteiger partial charge in [-0.05, 0) is 45.5 Å². The molecule has 2 rings (SSSR count). The normalized spacial score (nSPS) is 12.4. The Hall–Kier alpha value is -1.34. The van der Waals surface area contributed by atoms with E-state index in [0.717, 1.165) is 12.0 Å². The van der Waals surface area contributed by atoms with Crippen molar-refractivity contribution in [1.82, 2.24) is 10.2 Å². The molecule has 0 saturated carbocycles. The third kappa shape index (κ3) is 3.47. The summed E-state index contributed by atoms with van der Waals surface area (Å²) >= 11 is 3.22. The van der Waals surface area contributed by atoms with E-state index in [4.69, 9.17) is 0 Å². The van der Waals surface area contributed by atoms with Gasteiger partial charge in [0.2, 0.25) is 0 Å². The van der Waals surface area contributed by atoms with E-state index in [1.807, 2.05) is 12.1 Å². The van der Waals surface area contributed by atoms with Crippen molar-refractivity contribution in [1.29, 1.82) is 0 Å². The van der Waals surface area contributed by atoms with Crippen molar-refractivity contribution in [3.8, 4) is 0 Å². The summed E-state index contributed by atoms with van der Waals surface area (Å²) in [6.45, 7) is 6.38. The Labute approximate surface area is 133 Å². The van der Waals surface area contributed by atoms with Crippen molar-refractivity contribution in [2.24, 2.45) is 0 Å². The third-order valence-corrected chi connectivity index (χ3v) is 5.63. The van der Waals surface area contributed by atoms with Crippen LogP contribution in [0, 0.1) is 0 Å². The monoisotopic (exact) mass is 371 g/mol. The number of hydrogen-bond acceptors (Lipinski definition) is 3. The minimum absolute atomic E-state index is 0.0299. The maximum Gasteiger partial charge on any atom is 0.263 e. The van der Waals surface area contributed by atoms with E-state index >= 15 is 0 Å². The summed E-state index contributed by atoms with van der Waals surface area (Å²) in [5.74, 6) is 0.313. The molecule has 1 aromatic carbocycles. The van der Waals surface area contributed by atoms with E-state index in [1.165, 1.54) is 6.20 Å². The first-order valence-electron chi connectivity index (χ1n) is 6.58. The molecule has 0 unspecified atom stereocenters. The van der Waals surface area contributed by atoms with Gasteiger partial charge in [0.05, 0.1) is 15.6 Å². The molecule has 0 fully saturated rings. The first-order valence-corrected chi connectivity index (χ1v) is 8.86. The van der Waals surface area contributed by atoms with Crippen LogP contribution in [0.3, 0.4) is 0 Å². The number of anilines is 1. The number of halogens is 1. The highest BCUT2D eigenvalue weighted by Crippen LogP contribution is 2.28. The second-order valence-electron chi connectivity index (χ2n) is 5.46. The first kappa shape index (κ1) is 16.0. The van der Waals surface area contributed by atoms with Crippen LogP contribution in [0.5, 0.6) is 0 Å². The van der Waals surface area contributed by atoms with Crippen LogP contribution in [0.15, 0.2) is 39.8 Å². The summed E-state index contributed by atoms with van der Waals surface area (Å²) in [7, 11) is -3.63. The minimum atomic E-state index is -3.63. The highest BCUT2D eigenvalue weighted by molar-refractivity contribution is 9.10. The van der Waals surface area contributed by atoms with Crippen LogP contribution in [0.25, 0.3) is 0 Å². The largest absolute Gasteiger partial charge is 0.263 e.